The molecular weight excluding hydrogens is 548 g/mol. The van der Waals surface area contributed by atoms with Gasteiger partial charge in [0, 0.05) is 24.5 Å². The second-order valence-electron chi connectivity index (χ2n) is 9.99. The molecule has 1 unspecified atom stereocenters. The fourth-order valence-electron chi connectivity index (χ4n) is 5.13. The molecule has 5 rings (SSSR count). The van der Waals surface area contributed by atoms with Crippen LogP contribution in [-0.4, -0.2) is 48.0 Å². The summed E-state index contributed by atoms with van der Waals surface area (Å²) in [6, 6.07) is 20.7. The smallest absolute Gasteiger partial charge is 0.295 e. The Balaban J connectivity index is 1.56. The molecule has 9 heteroatoms. The van der Waals surface area contributed by atoms with Gasteiger partial charge in [-0.1, -0.05) is 30.3 Å². The van der Waals surface area contributed by atoms with Gasteiger partial charge in [-0.15, -0.1) is 0 Å². The van der Waals surface area contributed by atoms with E-state index in [0.717, 1.165) is 16.7 Å². The maximum atomic E-state index is 13.6. The zero-order chi connectivity index (χ0) is 30.5. The molecule has 1 amide bonds. The third kappa shape index (κ3) is 5.88. The number of hydrogen-bond acceptors (Lipinski definition) is 8. The highest BCUT2D eigenvalue weighted by molar-refractivity contribution is 6.46. The minimum atomic E-state index is -0.953. The fraction of sp³-hybridized carbons (Fsp3) is 0.206. The molecule has 1 N–H and O–H groups in total. The SMILES string of the molecule is COc1cc(C2C(=C(O)c3ccc(OCc4ccccc4C)cc3)C(=O)C(=O)N2Cc2cccnc2)cc(OC)c1OC. The highest BCUT2D eigenvalue weighted by Gasteiger charge is 2.46. The van der Waals surface area contributed by atoms with Gasteiger partial charge in [-0.05, 0) is 71.6 Å². The number of likely N-dealkylation sites (tertiary alicyclic amines) is 1. The number of Topliss-reactive ketones (excluding diaryl/α,β-unsaturated/α-hetero) is 1. The number of methoxy groups -OCH3 is 3. The molecule has 0 radical (unpaired) electrons. The predicted octanol–water partition coefficient (Wildman–Crippen LogP) is 5.62. The zero-order valence-electron chi connectivity index (χ0n) is 24.4. The molecule has 43 heavy (non-hydrogen) atoms. The minimum Gasteiger partial charge on any atom is -0.507 e. The van der Waals surface area contributed by atoms with Gasteiger partial charge in [0.1, 0.15) is 18.1 Å². The molecule has 1 fully saturated rings. The summed E-state index contributed by atoms with van der Waals surface area (Å²) in [5, 5.41) is 11.6. The van der Waals surface area contributed by atoms with Gasteiger partial charge in [0.2, 0.25) is 5.75 Å². The number of nitrogens with zero attached hydrogens (tertiary/aromatic N) is 2. The maximum absolute atomic E-state index is 13.6. The van der Waals surface area contributed by atoms with Crippen LogP contribution in [0.2, 0.25) is 0 Å². The normalized spacial score (nSPS) is 15.8. The fourth-order valence-corrected chi connectivity index (χ4v) is 5.13. The number of carbonyl (C=O) groups is 2. The third-order valence-electron chi connectivity index (χ3n) is 7.40. The lowest BCUT2D eigenvalue weighted by molar-refractivity contribution is -0.140. The number of hydrogen-bond donors (Lipinski definition) is 1. The molecule has 1 atom stereocenters. The molecule has 0 bridgehead atoms. The van der Waals surface area contributed by atoms with Crippen LogP contribution in [-0.2, 0) is 22.7 Å². The van der Waals surface area contributed by atoms with Crippen LogP contribution < -0.4 is 18.9 Å². The topological polar surface area (TPSA) is 107 Å². The highest BCUT2D eigenvalue weighted by atomic mass is 16.5. The average molecular weight is 581 g/mol. The van der Waals surface area contributed by atoms with Gasteiger partial charge in [0.25, 0.3) is 11.7 Å². The largest absolute Gasteiger partial charge is 0.507 e. The highest BCUT2D eigenvalue weighted by Crippen LogP contribution is 2.46. The number of aromatic nitrogens is 1. The van der Waals surface area contributed by atoms with E-state index in [1.165, 1.54) is 26.2 Å². The van der Waals surface area contributed by atoms with E-state index >= 15 is 0 Å². The maximum Gasteiger partial charge on any atom is 0.295 e. The first-order valence-electron chi connectivity index (χ1n) is 13.6. The van der Waals surface area contributed by atoms with Crippen molar-refractivity contribution in [3.63, 3.8) is 0 Å². The van der Waals surface area contributed by atoms with Crippen molar-refractivity contribution >= 4 is 17.4 Å². The second kappa shape index (κ2) is 12.7. The quantitative estimate of drug-likeness (QED) is 0.146. The second-order valence-corrected chi connectivity index (χ2v) is 9.99. The third-order valence-corrected chi connectivity index (χ3v) is 7.40. The van der Waals surface area contributed by atoms with Crippen LogP contribution >= 0.6 is 0 Å². The van der Waals surface area contributed by atoms with E-state index in [2.05, 4.69) is 4.98 Å². The standard InChI is InChI=1S/C34H32N2O7/c1-21-8-5-6-10-24(21)20-43-26-13-11-23(12-14-26)31(37)29-30(25-16-27(40-2)33(42-4)28(17-25)41-3)36(34(39)32(29)38)19-22-9-7-15-35-18-22/h5-18,30,37H,19-20H2,1-4H3. The molecule has 1 saturated heterocycles. The lowest BCUT2D eigenvalue weighted by Gasteiger charge is -2.26. The van der Waals surface area contributed by atoms with Crippen LogP contribution in [0.1, 0.15) is 33.9 Å². The first kappa shape index (κ1) is 29.2. The molecule has 1 aliphatic heterocycles. The van der Waals surface area contributed by atoms with E-state index < -0.39 is 17.7 Å². The molecule has 3 aromatic carbocycles. The molecular formula is C34H32N2O7. The minimum absolute atomic E-state index is 0.0586. The number of benzene rings is 3. The predicted molar refractivity (Wildman–Crippen MR) is 160 cm³/mol. The van der Waals surface area contributed by atoms with Gasteiger partial charge < -0.3 is 29.0 Å². The molecule has 4 aromatic rings. The van der Waals surface area contributed by atoms with Gasteiger partial charge in [0.05, 0.1) is 32.9 Å². The number of carbonyl (C=O) groups excluding carboxylic acids is 2. The summed E-state index contributed by atoms with van der Waals surface area (Å²) in [6.07, 6.45) is 3.25. The van der Waals surface area contributed by atoms with Gasteiger partial charge in [-0.2, -0.15) is 0 Å². The van der Waals surface area contributed by atoms with E-state index in [1.807, 2.05) is 37.3 Å². The van der Waals surface area contributed by atoms with E-state index in [0.29, 0.717) is 40.7 Å². The Hall–Kier alpha value is -5.31. The van der Waals surface area contributed by atoms with Crippen molar-refractivity contribution in [3.05, 3.63) is 119 Å². The summed E-state index contributed by atoms with van der Waals surface area (Å²) < 4.78 is 22.5. The van der Waals surface area contributed by atoms with Crippen LogP contribution in [0.4, 0.5) is 0 Å². The molecule has 0 spiro atoms. The Morgan fingerprint density at radius 3 is 2.21 bits per heavy atom. The number of rotatable bonds is 10. The Morgan fingerprint density at radius 2 is 1.60 bits per heavy atom. The van der Waals surface area contributed by atoms with Crippen molar-refractivity contribution in [2.75, 3.05) is 21.3 Å². The van der Waals surface area contributed by atoms with Crippen molar-refractivity contribution in [1.82, 2.24) is 9.88 Å². The summed E-state index contributed by atoms with van der Waals surface area (Å²) in [5.41, 5.74) is 3.71. The van der Waals surface area contributed by atoms with Gasteiger partial charge in [-0.25, -0.2) is 0 Å². The zero-order valence-corrected chi connectivity index (χ0v) is 24.4. The summed E-state index contributed by atoms with van der Waals surface area (Å²) in [5.74, 6) is -0.214. The van der Waals surface area contributed by atoms with Crippen molar-refractivity contribution in [2.24, 2.45) is 0 Å². The van der Waals surface area contributed by atoms with Crippen LogP contribution in [0.15, 0.2) is 90.8 Å². The van der Waals surface area contributed by atoms with Gasteiger partial charge in [0.15, 0.2) is 11.5 Å². The Morgan fingerprint density at radius 1 is 0.907 bits per heavy atom. The number of aryl methyl sites for hydroxylation is 1. The van der Waals surface area contributed by atoms with E-state index in [-0.39, 0.29) is 17.9 Å². The Labute approximate surface area is 249 Å². The number of aliphatic hydroxyl groups is 1. The number of pyridine rings is 1. The van der Waals surface area contributed by atoms with Crippen molar-refractivity contribution < 1.29 is 33.6 Å². The van der Waals surface area contributed by atoms with Gasteiger partial charge >= 0.3 is 0 Å². The lowest BCUT2D eigenvalue weighted by atomic mass is 9.94. The Bertz CT molecular complexity index is 1640. The molecule has 1 aliphatic rings. The van der Waals surface area contributed by atoms with Crippen molar-refractivity contribution in [2.45, 2.75) is 26.1 Å². The molecule has 9 nitrogen and oxygen atoms in total. The lowest BCUT2D eigenvalue weighted by Crippen LogP contribution is -2.29. The monoisotopic (exact) mass is 580 g/mol. The summed E-state index contributed by atoms with van der Waals surface area (Å²) in [6.45, 7) is 2.49. The average Bonchev–Trinajstić information content (AvgIpc) is 3.29. The van der Waals surface area contributed by atoms with Crippen LogP contribution in [0, 0.1) is 6.92 Å². The van der Waals surface area contributed by atoms with Crippen molar-refractivity contribution in [1.29, 1.82) is 0 Å². The van der Waals surface area contributed by atoms with Crippen LogP contribution in [0.3, 0.4) is 0 Å². The summed E-state index contributed by atoms with van der Waals surface area (Å²) in [4.78, 5) is 32.6. The molecule has 0 saturated carbocycles. The molecule has 220 valence electrons. The molecule has 0 aliphatic carbocycles. The summed E-state index contributed by atoms with van der Waals surface area (Å²) >= 11 is 0. The van der Waals surface area contributed by atoms with Crippen LogP contribution in [0.25, 0.3) is 5.76 Å². The Kier molecular flexibility index (Phi) is 8.61. The van der Waals surface area contributed by atoms with Crippen molar-refractivity contribution in [3.8, 4) is 23.0 Å². The molecule has 2 heterocycles. The number of amides is 1. The van der Waals surface area contributed by atoms with E-state index in [9.17, 15) is 14.7 Å². The van der Waals surface area contributed by atoms with E-state index in [1.54, 1.807) is 54.9 Å². The first-order chi connectivity index (χ1) is 20.9. The first-order valence-corrected chi connectivity index (χ1v) is 13.6. The summed E-state index contributed by atoms with van der Waals surface area (Å²) in [7, 11) is 4.45. The van der Waals surface area contributed by atoms with E-state index in [4.69, 9.17) is 18.9 Å². The molecule has 1 aromatic heterocycles. The number of aliphatic hydroxyl groups excluding tert-OH is 1. The number of ether oxygens (including phenoxy) is 4. The van der Waals surface area contributed by atoms with Gasteiger partial charge in [-0.3, -0.25) is 14.6 Å². The number of ketones is 1. The van der Waals surface area contributed by atoms with Crippen LogP contribution in [0.5, 0.6) is 23.0 Å².